The number of nitrogens with zero attached hydrogens (tertiary/aromatic N) is 3. The standard InChI is InChI=1S/C18H23N5O2/c1-12-10-13(2)23(21-12)16-7-5-4-6-15(16)20-18(25)22-9-8-17(24)19-11-14(22)3/h4-7,10,14H,8-9,11H2,1-3H3,(H,19,24)(H,20,25)/t14-/m0/s1. The van der Waals surface area contributed by atoms with E-state index in [1.165, 1.54) is 0 Å². The summed E-state index contributed by atoms with van der Waals surface area (Å²) in [6.45, 7) is 6.71. The molecule has 0 radical (unpaired) electrons. The second-order valence-electron chi connectivity index (χ2n) is 6.38. The lowest BCUT2D eigenvalue weighted by atomic mass is 10.2. The molecule has 0 saturated carbocycles. The Morgan fingerprint density at radius 3 is 2.80 bits per heavy atom. The summed E-state index contributed by atoms with van der Waals surface area (Å²) in [5.74, 6) is -0.0230. The van der Waals surface area contributed by atoms with Crippen LogP contribution in [0, 0.1) is 13.8 Å². The molecule has 1 aromatic carbocycles. The fourth-order valence-corrected chi connectivity index (χ4v) is 3.03. The van der Waals surface area contributed by atoms with Gasteiger partial charge in [-0.2, -0.15) is 5.10 Å². The molecule has 1 saturated heterocycles. The lowest BCUT2D eigenvalue weighted by Gasteiger charge is -2.27. The van der Waals surface area contributed by atoms with Gasteiger partial charge in [-0.05, 0) is 39.0 Å². The molecule has 132 valence electrons. The second kappa shape index (κ2) is 6.96. The number of para-hydroxylation sites is 2. The van der Waals surface area contributed by atoms with Crippen molar-refractivity contribution in [1.82, 2.24) is 20.0 Å². The average molecular weight is 341 g/mol. The number of carbonyl (C=O) groups is 2. The Morgan fingerprint density at radius 1 is 1.32 bits per heavy atom. The van der Waals surface area contributed by atoms with Crippen LogP contribution < -0.4 is 10.6 Å². The van der Waals surface area contributed by atoms with E-state index in [0.29, 0.717) is 25.2 Å². The molecule has 1 fully saturated rings. The van der Waals surface area contributed by atoms with Crippen LogP contribution in [0.15, 0.2) is 30.3 Å². The molecule has 2 N–H and O–H groups in total. The fraction of sp³-hybridized carbons (Fsp3) is 0.389. The molecule has 1 aliphatic heterocycles. The monoisotopic (exact) mass is 341 g/mol. The Bertz CT molecular complexity index is 799. The summed E-state index contributed by atoms with van der Waals surface area (Å²) in [6.07, 6.45) is 0.316. The molecule has 25 heavy (non-hydrogen) atoms. The van der Waals surface area contributed by atoms with E-state index >= 15 is 0 Å². The molecule has 7 heteroatoms. The molecule has 0 spiro atoms. The maximum atomic E-state index is 12.8. The van der Waals surface area contributed by atoms with Gasteiger partial charge in [0.25, 0.3) is 0 Å². The van der Waals surface area contributed by atoms with Gasteiger partial charge in [-0.1, -0.05) is 12.1 Å². The van der Waals surface area contributed by atoms with Crippen LogP contribution in [-0.2, 0) is 4.79 Å². The highest BCUT2D eigenvalue weighted by Crippen LogP contribution is 2.22. The zero-order chi connectivity index (χ0) is 18.0. The summed E-state index contributed by atoms with van der Waals surface area (Å²) < 4.78 is 1.82. The molecule has 7 nitrogen and oxygen atoms in total. The first-order valence-corrected chi connectivity index (χ1v) is 8.42. The highest BCUT2D eigenvalue weighted by atomic mass is 16.2. The molecule has 1 atom stereocenters. The highest BCUT2D eigenvalue weighted by molar-refractivity contribution is 5.92. The molecule has 1 aromatic heterocycles. The van der Waals surface area contributed by atoms with E-state index in [4.69, 9.17) is 0 Å². The van der Waals surface area contributed by atoms with Gasteiger partial charge >= 0.3 is 6.03 Å². The Kier molecular flexibility index (Phi) is 4.74. The van der Waals surface area contributed by atoms with Crippen LogP contribution in [0.1, 0.15) is 24.7 Å². The van der Waals surface area contributed by atoms with Gasteiger partial charge < -0.3 is 15.5 Å². The fourth-order valence-electron chi connectivity index (χ4n) is 3.03. The van der Waals surface area contributed by atoms with Crippen molar-refractivity contribution in [2.24, 2.45) is 0 Å². The molecule has 3 rings (SSSR count). The second-order valence-corrected chi connectivity index (χ2v) is 6.38. The third-order valence-electron chi connectivity index (χ3n) is 4.35. The van der Waals surface area contributed by atoms with Gasteiger partial charge in [-0.15, -0.1) is 0 Å². The number of hydrogen-bond acceptors (Lipinski definition) is 3. The number of aryl methyl sites for hydroxylation is 2. The van der Waals surface area contributed by atoms with Crippen LogP contribution in [0.3, 0.4) is 0 Å². The summed E-state index contributed by atoms with van der Waals surface area (Å²) in [5.41, 5.74) is 3.43. The van der Waals surface area contributed by atoms with Gasteiger partial charge in [0, 0.05) is 31.2 Å². The Labute approximate surface area is 147 Å². The van der Waals surface area contributed by atoms with Crippen LogP contribution in [0.5, 0.6) is 0 Å². The summed E-state index contributed by atoms with van der Waals surface area (Å²) in [5, 5.41) is 10.3. The smallest absolute Gasteiger partial charge is 0.322 e. The lowest BCUT2D eigenvalue weighted by molar-refractivity contribution is -0.120. The van der Waals surface area contributed by atoms with Crippen molar-refractivity contribution in [3.63, 3.8) is 0 Å². The van der Waals surface area contributed by atoms with Crippen molar-refractivity contribution in [2.45, 2.75) is 33.2 Å². The van der Waals surface area contributed by atoms with Gasteiger partial charge in [0.2, 0.25) is 5.91 Å². The maximum absolute atomic E-state index is 12.8. The summed E-state index contributed by atoms with van der Waals surface area (Å²) in [6, 6.07) is 9.29. The highest BCUT2D eigenvalue weighted by Gasteiger charge is 2.25. The average Bonchev–Trinajstić information content (AvgIpc) is 2.81. The number of nitrogens with one attached hydrogen (secondary N) is 2. The number of amides is 3. The van der Waals surface area contributed by atoms with Gasteiger partial charge in [-0.3, -0.25) is 4.79 Å². The Morgan fingerprint density at radius 2 is 2.08 bits per heavy atom. The predicted molar refractivity (Wildman–Crippen MR) is 95.9 cm³/mol. The molecule has 1 aliphatic rings. The number of carbonyl (C=O) groups excluding carboxylic acids is 2. The molecule has 0 aliphatic carbocycles. The summed E-state index contributed by atoms with van der Waals surface area (Å²) in [4.78, 5) is 26.0. The number of urea groups is 1. The Hall–Kier alpha value is -2.83. The van der Waals surface area contributed by atoms with Gasteiger partial charge in [0.05, 0.1) is 17.1 Å². The van der Waals surface area contributed by atoms with E-state index in [1.807, 2.05) is 55.8 Å². The van der Waals surface area contributed by atoms with E-state index in [9.17, 15) is 9.59 Å². The molecular formula is C18H23N5O2. The van der Waals surface area contributed by atoms with E-state index in [0.717, 1.165) is 17.1 Å². The number of aromatic nitrogens is 2. The van der Waals surface area contributed by atoms with Crippen LogP contribution in [-0.4, -0.2) is 45.8 Å². The van der Waals surface area contributed by atoms with Crippen molar-refractivity contribution in [3.05, 3.63) is 41.7 Å². The third-order valence-corrected chi connectivity index (χ3v) is 4.35. The first-order chi connectivity index (χ1) is 12.0. The minimum atomic E-state index is -0.210. The topological polar surface area (TPSA) is 79.3 Å². The number of benzene rings is 1. The molecular weight excluding hydrogens is 318 g/mol. The normalized spacial score (nSPS) is 17.8. The van der Waals surface area contributed by atoms with Crippen LogP contribution in [0.2, 0.25) is 0 Å². The van der Waals surface area contributed by atoms with E-state index < -0.39 is 0 Å². The van der Waals surface area contributed by atoms with Crippen molar-refractivity contribution in [1.29, 1.82) is 0 Å². The molecule has 2 heterocycles. The van der Waals surface area contributed by atoms with Crippen LogP contribution >= 0.6 is 0 Å². The maximum Gasteiger partial charge on any atom is 0.322 e. The number of hydrogen-bond donors (Lipinski definition) is 2. The van der Waals surface area contributed by atoms with Crippen molar-refractivity contribution in [2.75, 3.05) is 18.4 Å². The summed E-state index contributed by atoms with van der Waals surface area (Å²) >= 11 is 0. The molecule has 3 amide bonds. The predicted octanol–water partition coefficient (Wildman–Crippen LogP) is 2.23. The zero-order valence-corrected chi connectivity index (χ0v) is 14.7. The van der Waals surface area contributed by atoms with Crippen molar-refractivity contribution >= 4 is 17.6 Å². The molecule has 2 aromatic rings. The molecule has 0 unspecified atom stereocenters. The van der Waals surface area contributed by atoms with Crippen molar-refractivity contribution < 1.29 is 9.59 Å². The summed E-state index contributed by atoms with van der Waals surface area (Å²) in [7, 11) is 0. The van der Waals surface area contributed by atoms with Crippen LogP contribution in [0.25, 0.3) is 5.69 Å². The third kappa shape index (κ3) is 3.65. The van der Waals surface area contributed by atoms with E-state index in [2.05, 4.69) is 15.7 Å². The first-order valence-electron chi connectivity index (χ1n) is 8.42. The van der Waals surface area contributed by atoms with Crippen LogP contribution in [0.4, 0.5) is 10.5 Å². The van der Waals surface area contributed by atoms with E-state index in [1.54, 1.807) is 4.90 Å². The Balaban J connectivity index is 1.84. The first kappa shape index (κ1) is 17.0. The minimum Gasteiger partial charge on any atom is -0.354 e. The quantitative estimate of drug-likeness (QED) is 0.879. The lowest BCUT2D eigenvalue weighted by Crippen LogP contribution is -2.44. The van der Waals surface area contributed by atoms with Gasteiger partial charge in [-0.25, -0.2) is 9.48 Å². The van der Waals surface area contributed by atoms with E-state index in [-0.39, 0.29) is 18.0 Å². The van der Waals surface area contributed by atoms with Crippen molar-refractivity contribution in [3.8, 4) is 5.69 Å². The minimum absolute atomic E-state index is 0.0230. The SMILES string of the molecule is Cc1cc(C)n(-c2ccccc2NC(=O)N2CCC(=O)NC[C@@H]2C)n1. The van der Waals surface area contributed by atoms with Gasteiger partial charge in [0.1, 0.15) is 0 Å². The largest absolute Gasteiger partial charge is 0.354 e. The number of anilines is 1. The van der Waals surface area contributed by atoms with Gasteiger partial charge in [0.15, 0.2) is 0 Å². The zero-order valence-electron chi connectivity index (χ0n) is 14.7. The number of rotatable bonds is 2. The molecule has 0 bridgehead atoms.